The summed E-state index contributed by atoms with van der Waals surface area (Å²) < 4.78 is 12.9. The van der Waals surface area contributed by atoms with Gasteiger partial charge in [-0.2, -0.15) is 0 Å². The van der Waals surface area contributed by atoms with Crippen molar-refractivity contribution in [1.82, 2.24) is 4.90 Å². The van der Waals surface area contributed by atoms with E-state index in [2.05, 4.69) is 38.2 Å². The van der Waals surface area contributed by atoms with E-state index in [1.165, 1.54) is 5.19 Å². The lowest BCUT2D eigenvalue weighted by Crippen LogP contribution is -2.52. The van der Waals surface area contributed by atoms with E-state index in [0.29, 0.717) is 32.5 Å². The highest BCUT2D eigenvalue weighted by atomic mass is 28.3. The Kier molecular flexibility index (Phi) is 9.48. The molecule has 1 spiro atoms. The standard InChI is InChI=1S/C44H49N3O6Si/c1-29-42(54(3,4)36-19-17-35(52-2)18-20-36)39(25-41(50)46-27-32-14-9-8-13-31(32)23-34(46)28-48)53-44(29)37-24-33(45-22-10-15-40(45)49)16-21-38(37)47(43(44)51)26-30-11-6-5-7-12-30/h5-9,11-14,16-21,24,29,34,39,42,48H,10,15,22-23,25-28H2,1-4H3/t29-,34+,39+,42-,44+/m1/s1. The predicted octanol–water partition coefficient (Wildman–Crippen LogP) is 5.92. The van der Waals surface area contributed by atoms with E-state index >= 15 is 4.79 Å². The average molecular weight is 744 g/mol. The Morgan fingerprint density at radius 2 is 1.69 bits per heavy atom. The first-order valence-corrected chi connectivity index (χ1v) is 22.2. The van der Waals surface area contributed by atoms with Crippen LogP contribution in [0, 0.1) is 5.92 Å². The lowest BCUT2D eigenvalue weighted by atomic mass is 9.82. The predicted molar refractivity (Wildman–Crippen MR) is 211 cm³/mol. The molecule has 4 aromatic rings. The van der Waals surface area contributed by atoms with Crippen LogP contribution in [0.1, 0.15) is 48.4 Å². The van der Waals surface area contributed by atoms with Gasteiger partial charge in [0, 0.05) is 36.7 Å². The second kappa shape index (κ2) is 14.1. The number of rotatable bonds is 9. The molecule has 4 aromatic carbocycles. The number of methoxy groups -OCH3 is 1. The van der Waals surface area contributed by atoms with Crippen molar-refractivity contribution in [1.29, 1.82) is 0 Å². The number of hydrogen-bond donors (Lipinski definition) is 1. The molecule has 2 saturated heterocycles. The van der Waals surface area contributed by atoms with Crippen LogP contribution >= 0.6 is 0 Å². The van der Waals surface area contributed by atoms with Gasteiger partial charge in [0.15, 0.2) is 5.60 Å². The molecule has 1 N–H and O–H groups in total. The first-order chi connectivity index (χ1) is 26.1. The molecule has 0 unspecified atom stereocenters. The fraction of sp³-hybridized carbons (Fsp3) is 0.386. The van der Waals surface area contributed by atoms with E-state index in [4.69, 9.17) is 9.47 Å². The number of aliphatic hydroxyl groups is 1. The fourth-order valence-electron chi connectivity index (χ4n) is 9.85. The minimum absolute atomic E-state index is 0.0748. The minimum Gasteiger partial charge on any atom is -0.497 e. The molecule has 0 bridgehead atoms. The van der Waals surface area contributed by atoms with Crippen molar-refractivity contribution in [3.63, 3.8) is 0 Å². The molecule has 0 aliphatic carbocycles. The Morgan fingerprint density at radius 1 is 0.963 bits per heavy atom. The summed E-state index contributed by atoms with van der Waals surface area (Å²) in [5.41, 5.74) is 4.00. The van der Waals surface area contributed by atoms with Gasteiger partial charge in [0.1, 0.15) is 5.75 Å². The number of benzene rings is 4. The van der Waals surface area contributed by atoms with Gasteiger partial charge >= 0.3 is 0 Å². The second-order valence-electron chi connectivity index (χ2n) is 15.9. The van der Waals surface area contributed by atoms with Gasteiger partial charge in [0.05, 0.1) is 52.6 Å². The first-order valence-electron chi connectivity index (χ1n) is 19.2. The summed E-state index contributed by atoms with van der Waals surface area (Å²) in [6.07, 6.45) is 1.36. The third-order valence-electron chi connectivity index (χ3n) is 12.6. The van der Waals surface area contributed by atoms with E-state index in [1.54, 1.807) is 7.11 Å². The van der Waals surface area contributed by atoms with E-state index in [0.717, 1.165) is 45.8 Å². The molecule has 8 rings (SSSR count). The summed E-state index contributed by atoms with van der Waals surface area (Å²) in [4.78, 5) is 48.5. The molecular weight excluding hydrogens is 695 g/mol. The van der Waals surface area contributed by atoms with Gasteiger partial charge in [-0.1, -0.05) is 91.9 Å². The summed E-state index contributed by atoms with van der Waals surface area (Å²) in [7, 11) is -0.879. The number of anilines is 2. The van der Waals surface area contributed by atoms with Crippen molar-refractivity contribution in [3.05, 3.63) is 119 Å². The third kappa shape index (κ3) is 5.95. The zero-order valence-electron chi connectivity index (χ0n) is 31.5. The number of ether oxygens (including phenoxy) is 2. The lowest BCUT2D eigenvalue weighted by Gasteiger charge is -2.39. The number of carbonyl (C=O) groups is 3. The summed E-state index contributed by atoms with van der Waals surface area (Å²) >= 11 is 0. The fourth-order valence-corrected chi connectivity index (χ4v) is 13.9. The van der Waals surface area contributed by atoms with Gasteiger partial charge in [0.25, 0.3) is 5.91 Å². The topological polar surface area (TPSA) is 99.6 Å². The molecule has 280 valence electrons. The lowest BCUT2D eigenvalue weighted by molar-refractivity contribution is -0.151. The molecule has 0 radical (unpaired) electrons. The van der Waals surface area contributed by atoms with Crippen molar-refractivity contribution in [2.45, 2.75) is 82.1 Å². The molecule has 3 amide bonds. The van der Waals surface area contributed by atoms with Gasteiger partial charge in [-0.25, -0.2) is 0 Å². The normalized spacial score (nSPS) is 25.0. The van der Waals surface area contributed by atoms with Crippen molar-refractivity contribution in [2.75, 3.05) is 30.1 Å². The minimum atomic E-state index is -2.53. The first kappa shape index (κ1) is 36.2. The third-order valence-corrected chi connectivity index (χ3v) is 17.0. The molecule has 2 fully saturated rings. The van der Waals surface area contributed by atoms with Crippen molar-refractivity contribution in [2.24, 2.45) is 5.92 Å². The molecule has 4 heterocycles. The highest BCUT2D eigenvalue weighted by molar-refractivity contribution is 6.91. The molecule has 9 nitrogen and oxygen atoms in total. The number of fused-ring (bicyclic) bond motifs is 3. The number of hydrogen-bond acceptors (Lipinski definition) is 6. The van der Waals surface area contributed by atoms with Crippen molar-refractivity contribution < 1.29 is 29.0 Å². The van der Waals surface area contributed by atoms with Crippen LogP contribution in [-0.4, -0.2) is 68.2 Å². The average Bonchev–Trinajstić information content (AvgIpc) is 3.82. The van der Waals surface area contributed by atoms with Crippen LogP contribution in [0.4, 0.5) is 11.4 Å². The number of nitrogens with zero attached hydrogens (tertiary/aromatic N) is 3. The van der Waals surface area contributed by atoms with E-state index in [1.807, 2.05) is 93.6 Å². The van der Waals surface area contributed by atoms with Crippen LogP contribution < -0.4 is 19.7 Å². The summed E-state index contributed by atoms with van der Waals surface area (Å²) in [5.74, 6) is 0.296. The SMILES string of the molecule is COc1ccc([Si](C)(C)[C@H]2[C@H](CC(=O)N3Cc4ccccc4C[C@H]3CO)O[C@@]3(C(=O)N(Cc4ccccc4)c4ccc(N5CCCC5=O)cc43)[C@@H]2C)cc1. The van der Waals surface area contributed by atoms with Gasteiger partial charge < -0.3 is 29.3 Å². The maximum Gasteiger partial charge on any atom is 0.264 e. The highest BCUT2D eigenvalue weighted by Gasteiger charge is 2.66. The molecule has 10 heteroatoms. The zero-order chi connectivity index (χ0) is 37.8. The van der Waals surface area contributed by atoms with Gasteiger partial charge in [-0.3, -0.25) is 14.4 Å². The smallest absolute Gasteiger partial charge is 0.264 e. The Labute approximate surface area is 318 Å². The molecule has 4 aliphatic rings. The van der Waals surface area contributed by atoms with E-state index in [-0.39, 0.29) is 48.3 Å². The van der Waals surface area contributed by atoms with E-state index in [9.17, 15) is 14.7 Å². The Morgan fingerprint density at radius 3 is 2.37 bits per heavy atom. The molecule has 0 saturated carbocycles. The maximum atomic E-state index is 15.4. The van der Waals surface area contributed by atoms with Crippen LogP contribution in [0.15, 0.2) is 97.1 Å². The van der Waals surface area contributed by atoms with Gasteiger partial charge in [0.2, 0.25) is 11.8 Å². The summed E-state index contributed by atoms with van der Waals surface area (Å²) in [5, 5.41) is 11.7. The zero-order valence-corrected chi connectivity index (χ0v) is 32.5. The van der Waals surface area contributed by atoms with Crippen molar-refractivity contribution >= 4 is 42.4 Å². The monoisotopic (exact) mass is 743 g/mol. The van der Waals surface area contributed by atoms with Crippen LogP contribution in [0.25, 0.3) is 0 Å². The molecule has 0 aromatic heterocycles. The van der Waals surface area contributed by atoms with Crippen LogP contribution in [-0.2, 0) is 44.2 Å². The number of aliphatic hydroxyl groups excluding tert-OH is 1. The highest BCUT2D eigenvalue weighted by Crippen LogP contribution is 2.60. The molecule has 54 heavy (non-hydrogen) atoms. The summed E-state index contributed by atoms with van der Waals surface area (Å²) in [6, 6.07) is 31.8. The van der Waals surface area contributed by atoms with Crippen LogP contribution in [0.3, 0.4) is 0 Å². The van der Waals surface area contributed by atoms with Crippen molar-refractivity contribution in [3.8, 4) is 5.75 Å². The molecular formula is C44H49N3O6Si. The molecule has 5 atom stereocenters. The number of amides is 3. The van der Waals surface area contributed by atoms with Crippen LogP contribution in [0.5, 0.6) is 5.75 Å². The van der Waals surface area contributed by atoms with E-state index < -0.39 is 19.8 Å². The second-order valence-corrected chi connectivity index (χ2v) is 20.6. The summed E-state index contributed by atoms with van der Waals surface area (Å²) in [6.45, 7) is 8.02. The Bertz CT molecular complexity index is 2070. The largest absolute Gasteiger partial charge is 0.497 e. The quantitative estimate of drug-likeness (QED) is 0.214. The van der Waals surface area contributed by atoms with Gasteiger partial charge in [-0.15, -0.1) is 0 Å². The maximum absolute atomic E-state index is 15.4. The van der Waals surface area contributed by atoms with Crippen LogP contribution in [0.2, 0.25) is 18.6 Å². The Hall–Kier alpha value is -4.77. The number of carbonyl (C=O) groups excluding carboxylic acids is 3. The van der Waals surface area contributed by atoms with Gasteiger partial charge in [-0.05, 0) is 65.4 Å². The molecule has 4 aliphatic heterocycles. The Balaban J connectivity index is 1.23.